The van der Waals surface area contributed by atoms with Gasteiger partial charge in [0, 0.05) is 13.5 Å². The summed E-state index contributed by atoms with van der Waals surface area (Å²) < 4.78 is 10.6. The maximum absolute atomic E-state index is 11.9. The Morgan fingerprint density at radius 3 is 2.86 bits per heavy atom. The van der Waals surface area contributed by atoms with E-state index in [4.69, 9.17) is 9.15 Å². The van der Waals surface area contributed by atoms with Crippen LogP contribution in [-0.2, 0) is 17.6 Å². The van der Waals surface area contributed by atoms with Crippen molar-refractivity contribution in [2.24, 2.45) is 0 Å². The van der Waals surface area contributed by atoms with Crippen LogP contribution in [0.1, 0.15) is 22.9 Å². The van der Waals surface area contributed by atoms with Crippen molar-refractivity contribution in [2.75, 3.05) is 13.7 Å². The largest absolute Gasteiger partial charge is 0.497 e. The van der Waals surface area contributed by atoms with Gasteiger partial charge >= 0.3 is 0 Å². The van der Waals surface area contributed by atoms with Crippen LogP contribution in [0.15, 0.2) is 28.7 Å². The number of nitrogens with zero attached hydrogens (tertiary/aromatic N) is 1. The zero-order valence-corrected chi connectivity index (χ0v) is 12.6. The first-order chi connectivity index (χ1) is 10.1. The van der Waals surface area contributed by atoms with Crippen molar-refractivity contribution in [3.05, 3.63) is 47.2 Å². The van der Waals surface area contributed by atoms with Crippen molar-refractivity contribution in [3.8, 4) is 5.75 Å². The molecule has 0 saturated carbocycles. The molecule has 5 heteroatoms. The molecule has 112 valence electrons. The Kier molecular flexibility index (Phi) is 4.98. The highest BCUT2D eigenvalue weighted by atomic mass is 16.5. The van der Waals surface area contributed by atoms with Gasteiger partial charge in [0.05, 0.1) is 19.2 Å². The molecule has 0 aliphatic rings. The second kappa shape index (κ2) is 6.92. The van der Waals surface area contributed by atoms with E-state index in [0.717, 1.165) is 23.4 Å². The summed E-state index contributed by atoms with van der Waals surface area (Å²) >= 11 is 0. The van der Waals surface area contributed by atoms with Gasteiger partial charge in [0.15, 0.2) is 5.89 Å². The third kappa shape index (κ3) is 4.34. The Hall–Kier alpha value is -2.30. The average molecular weight is 288 g/mol. The molecule has 0 fully saturated rings. The van der Waals surface area contributed by atoms with E-state index in [2.05, 4.69) is 10.3 Å². The fraction of sp³-hybridized carbons (Fsp3) is 0.375. The molecule has 0 aliphatic heterocycles. The third-order valence-corrected chi connectivity index (χ3v) is 3.19. The number of aryl methyl sites for hydroxylation is 2. The van der Waals surface area contributed by atoms with E-state index in [9.17, 15) is 4.79 Å². The molecule has 21 heavy (non-hydrogen) atoms. The van der Waals surface area contributed by atoms with E-state index in [0.29, 0.717) is 18.2 Å². The number of benzene rings is 1. The van der Waals surface area contributed by atoms with Gasteiger partial charge in [-0.25, -0.2) is 4.98 Å². The topological polar surface area (TPSA) is 64.4 Å². The molecule has 0 radical (unpaired) electrons. The van der Waals surface area contributed by atoms with Crippen molar-refractivity contribution in [3.63, 3.8) is 0 Å². The number of hydrogen-bond donors (Lipinski definition) is 1. The maximum atomic E-state index is 11.9. The summed E-state index contributed by atoms with van der Waals surface area (Å²) in [5.74, 6) is 1.99. The van der Waals surface area contributed by atoms with Crippen molar-refractivity contribution < 1.29 is 13.9 Å². The van der Waals surface area contributed by atoms with Gasteiger partial charge in [-0.3, -0.25) is 4.79 Å². The number of amides is 1. The SMILES string of the molecule is COc1cccc(CCNC(=O)Cc2oc(C)nc2C)c1. The van der Waals surface area contributed by atoms with Crippen LogP contribution in [0.3, 0.4) is 0 Å². The first-order valence-electron chi connectivity index (χ1n) is 6.91. The Bertz CT molecular complexity index is 620. The van der Waals surface area contributed by atoms with E-state index in [1.165, 1.54) is 0 Å². The average Bonchev–Trinajstić information content (AvgIpc) is 2.77. The minimum atomic E-state index is -0.0582. The van der Waals surface area contributed by atoms with Gasteiger partial charge < -0.3 is 14.5 Å². The van der Waals surface area contributed by atoms with Crippen LogP contribution in [0.4, 0.5) is 0 Å². The summed E-state index contributed by atoms with van der Waals surface area (Å²) in [6.45, 7) is 4.20. The Morgan fingerprint density at radius 2 is 2.19 bits per heavy atom. The zero-order chi connectivity index (χ0) is 15.2. The standard InChI is InChI=1S/C16H20N2O3/c1-11-15(21-12(2)18-11)10-16(19)17-8-7-13-5-4-6-14(9-13)20-3/h4-6,9H,7-8,10H2,1-3H3,(H,17,19). The number of hydrogen-bond acceptors (Lipinski definition) is 4. The summed E-state index contributed by atoms with van der Waals surface area (Å²) in [6, 6.07) is 7.82. The van der Waals surface area contributed by atoms with Gasteiger partial charge in [0.2, 0.25) is 5.91 Å². The molecule has 5 nitrogen and oxygen atoms in total. The number of oxazole rings is 1. The smallest absolute Gasteiger partial charge is 0.227 e. The highest BCUT2D eigenvalue weighted by molar-refractivity contribution is 5.78. The molecule has 0 spiro atoms. The lowest BCUT2D eigenvalue weighted by Crippen LogP contribution is -2.27. The molecule has 0 aliphatic carbocycles. The summed E-state index contributed by atoms with van der Waals surface area (Å²) in [5.41, 5.74) is 1.90. The zero-order valence-electron chi connectivity index (χ0n) is 12.6. The summed E-state index contributed by atoms with van der Waals surface area (Å²) in [4.78, 5) is 16.0. The highest BCUT2D eigenvalue weighted by Gasteiger charge is 2.11. The fourth-order valence-electron chi connectivity index (χ4n) is 2.12. The first-order valence-corrected chi connectivity index (χ1v) is 6.91. The molecule has 1 N–H and O–H groups in total. The lowest BCUT2D eigenvalue weighted by molar-refractivity contribution is -0.120. The lowest BCUT2D eigenvalue weighted by atomic mass is 10.1. The molecule has 2 aromatic rings. The predicted octanol–water partition coefficient (Wildman–Crippen LogP) is 2.20. The van der Waals surface area contributed by atoms with Crippen LogP contribution in [0.2, 0.25) is 0 Å². The van der Waals surface area contributed by atoms with Gasteiger partial charge in [-0.15, -0.1) is 0 Å². The summed E-state index contributed by atoms with van der Waals surface area (Å²) in [6.07, 6.45) is 0.988. The monoisotopic (exact) mass is 288 g/mol. The van der Waals surface area contributed by atoms with Gasteiger partial charge in [0.25, 0.3) is 0 Å². The number of nitrogens with one attached hydrogen (secondary N) is 1. The summed E-state index contributed by atoms with van der Waals surface area (Å²) in [7, 11) is 1.64. The number of carbonyl (C=O) groups is 1. The lowest BCUT2D eigenvalue weighted by Gasteiger charge is -2.06. The van der Waals surface area contributed by atoms with E-state index < -0.39 is 0 Å². The third-order valence-electron chi connectivity index (χ3n) is 3.19. The van der Waals surface area contributed by atoms with Gasteiger partial charge in [-0.2, -0.15) is 0 Å². The number of methoxy groups -OCH3 is 1. The number of rotatable bonds is 6. The highest BCUT2D eigenvalue weighted by Crippen LogP contribution is 2.13. The van der Waals surface area contributed by atoms with Crippen LogP contribution in [0.5, 0.6) is 5.75 Å². The molecule has 1 aromatic heterocycles. The Morgan fingerprint density at radius 1 is 1.38 bits per heavy atom. The number of ether oxygens (including phenoxy) is 1. The molecule has 2 rings (SSSR count). The molecule has 1 amide bonds. The molecular weight excluding hydrogens is 268 g/mol. The Balaban J connectivity index is 1.80. The molecule has 0 atom stereocenters. The van der Waals surface area contributed by atoms with Crippen LogP contribution in [-0.4, -0.2) is 24.5 Å². The van der Waals surface area contributed by atoms with E-state index in [1.54, 1.807) is 14.0 Å². The predicted molar refractivity (Wildman–Crippen MR) is 79.4 cm³/mol. The van der Waals surface area contributed by atoms with E-state index in [1.807, 2.05) is 31.2 Å². The van der Waals surface area contributed by atoms with E-state index >= 15 is 0 Å². The molecule has 1 heterocycles. The first kappa shape index (κ1) is 15.1. The fourth-order valence-corrected chi connectivity index (χ4v) is 2.12. The van der Waals surface area contributed by atoms with Gasteiger partial charge in [-0.05, 0) is 31.0 Å². The molecule has 0 unspecified atom stereocenters. The van der Waals surface area contributed by atoms with Crippen LogP contribution >= 0.6 is 0 Å². The molecule has 0 saturated heterocycles. The normalized spacial score (nSPS) is 10.4. The number of carbonyl (C=O) groups excluding carboxylic acids is 1. The Labute approximate surface area is 124 Å². The van der Waals surface area contributed by atoms with Crippen molar-refractivity contribution >= 4 is 5.91 Å². The van der Waals surface area contributed by atoms with Crippen molar-refractivity contribution in [1.82, 2.24) is 10.3 Å². The van der Waals surface area contributed by atoms with Gasteiger partial charge in [-0.1, -0.05) is 12.1 Å². The molecular formula is C16H20N2O3. The second-order valence-electron chi connectivity index (χ2n) is 4.87. The molecule has 1 aromatic carbocycles. The van der Waals surface area contributed by atoms with Crippen molar-refractivity contribution in [1.29, 1.82) is 0 Å². The maximum Gasteiger partial charge on any atom is 0.227 e. The van der Waals surface area contributed by atoms with Gasteiger partial charge in [0.1, 0.15) is 11.5 Å². The second-order valence-corrected chi connectivity index (χ2v) is 4.87. The van der Waals surface area contributed by atoms with Crippen molar-refractivity contribution in [2.45, 2.75) is 26.7 Å². The van der Waals surface area contributed by atoms with E-state index in [-0.39, 0.29) is 12.3 Å². The minimum absolute atomic E-state index is 0.0582. The number of aromatic nitrogens is 1. The van der Waals surface area contributed by atoms with Crippen LogP contribution in [0, 0.1) is 13.8 Å². The quantitative estimate of drug-likeness (QED) is 0.885. The minimum Gasteiger partial charge on any atom is -0.497 e. The van der Waals surface area contributed by atoms with Crippen LogP contribution in [0.25, 0.3) is 0 Å². The van der Waals surface area contributed by atoms with Crippen LogP contribution < -0.4 is 10.1 Å². The molecule has 0 bridgehead atoms. The summed E-state index contributed by atoms with van der Waals surface area (Å²) in [5, 5.41) is 2.89.